The average molecular weight is 290 g/mol. The normalized spacial score (nSPS) is 15.3. The largest absolute Gasteiger partial charge is 0.494 e. The van der Waals surface area contributed by atoms with Crippen molar-refractivity contribution in [3.8, 4) is 5.75 Å². The topological polar surface area (TPSA) is 59.9 Å². The summed E-state index contributed by atoms with van der Waals surface area (Å²) in [7, 11) is 0. The van der Waals surface area contributed by atoms with Crippen LogP contribution in [0.5, 0.6) is 5.75 Å². The number of benzene rings is 1. The molecule has 0 unspecified atom stereocenters. The first-order valence-corrected chi connectivity index (χ1v) is 7.45. The maximum Gasteiger partial charge on any atom is 0.260 e. The van der Waals surface area contributed by atoms with E-state index in [4.69, 9.17) is 9.57 Å². The molecule has 21 heavy (non-hydrogen) atoms. The number of oxime groups is 1. The Morgan fingerprint density at radius 1 is 1.33 bits per heavy atom. The molecule has 5 heteroatoms. The molecule has 0 spiro atoms. The van der Waals surface area contributed by atoms with Crippen molar-refractivity contribution in [2.45, 2.75) is 38.6 Å². The zero-order chi connectivity index (χ0) is 14.9. The van der Waals surface area contributed by atoms with E-state index in [0.29, 0.717) is 12.6 Å². The van der Waals surface area contributed by atoms with Crippen molar-refractivity contribution >= 4 is 12.1 Å². The van der Waals surface area contributed by atoms with Crippen molar-refractivity contribution in [3.05, 3.63) is 29.8 Å². The van der Waals surface area contributed by atoms with E-state index in [1.807, 2.05) is 31.2 Å². The molecule has 0 aromatic heterocycles. The van der Waals surface area contributed by atoms with Crippen LogP contribution >= 0.6 is 0 Å². The highest BCUT2D eigenvalue weighted by Crippen LogP contribution is 2.17. The molecule has 2 rings (SSSR count). The Labute approximate surface area is 125 Å². The lowest BCUT2D eigenvalue weighted by Crippen LogP contribution is -2.34. The van der Waals surface area contributed by atoms with Crippen molar-refractivity contribution in [3.63, 3.8) is 0 Å². The molecular formula is C16H22N2O3. The van der Waals surface area contributed by atoms with Gasteiger partial charge >= 0.3 is 0 Å². The van der Waals surface area contributed by atoms with Crippen LogP contribution in [-0.2, 0) is 9.63 Å². The molecule has 1 aromatic carbocycles. The lowest BCUT2D eigenvalue weighted by molar-refractivity contribution is -0.126. The van der Waals surface area contributed by atoms with E-state index >= 15 is 0 Å². The number of ether oxygens (including phenoxy) is 1. The fraction of sp³-hybridized carbons (Fsp3) is 0.500. The van der Waals surface area contributed by atoms with Crippen molar-refractivity contribution in [1.29, 1.82) is 0 Å². The van der Waals surface area contributed by atoms with Gasteiger partial charge in [0.2, 0.25) is 0 Å². The third-order valence-corrected chi connectivity index (χ3v) is 3.38. The summed E-state index contributed by atoms with van der Waals surface area (Å²) in [6, 6.07) is 7.83. The number of hydrogen-bond acceptors (Lipinski definition) is 4. The molecule has 0 bridgehead atoms. The third kappa shape index (κ3) is 5.45. The zero-order valence-electron chi connectivity index (χ0n) is 12.4. The highest BCUT2D eigenvalue weighted by atomic mass is 16.6. The van der Waals surface area contributed by atoms with Crippen molar-refractivity contribution in [2.75, 3.05) is 13.2 Å². The Bertz CT molecular complexity index is 465. The predicted molar refractivity (Wildman–Crippen MR) is 81.6 cm³/mol. The van der Waals surface area contributed by atoms with E-state index in [2.05, 4.69) is 10.5 Å². The van der Waals surface area contributed by atoms with Crippen LogP contribution in [0.15, 0.2) is 29.4 Å². The van der Waals surface area contributed by atoms with Crippen molar-refractivity contribution in [1.82, 2.24) is 5.32 Å². The summed E-state index contributed by atoms with van der Waals surface area (Å²) in [5.41, 5.74) is 0.898. The van der Waals surface area contributed by atoms with Gasteiger partial charge in [-0.3, -0.25) is 4.79 Å². The van der Waals surface area contributed by atoms with Gasteiger partial charge in [-0.2, -0.15) is 0 Å². The lowest BCUT2D eigenvalue weighted by atomic mass is 10.2. The zero-order valence-corrected chi connectivity index (χ0v) is 12.4. The van der Waals surface area contributed by atoms with E-state index in [9.17, 15) is 4.79 Å². The van der Waals surface area contributed by atoms with E-state index in [1.165, 1.54) is 12.8 Å². The molecule has 0 radical (unpaired) electrons. The molecule has 1 saturated carbocycles. The van der Waals surface area contributed by atoms with Crippen LogP contribution in [0.1, 0.15) is 38.2 Å². The molecule has 1 aliphatic carbocycles. The number of amides is 1. The Kier molecular flexibility index (Phi) is 6.06. The number of carbonyl (C=O) groups is 1. The van der Waals surface area contributed by atoms with E-state index in [1.54, 1.807) is 6.21 Å². The molecule has 1 fully saturated rings. The summed E-state index contributed by atoms with van der Waals surface area (Å²) in [6.45, 7) is 2.55. The number of rotatable bonds is 7. The molecule has 0 saturated heterocycles. The molecule has 0 atom stereocenters. The molecule has 114 valence electrons. The standard InChI is InChI=1S/C16H22N2O3/c1-2-20-15-9-7-13(8-10-15)11-17-21-12-16(19)18-14-5-3-4-6-14/h7-11,14H,2-6,12H2,1H3,(H,18,19)/b17-11-. The number of nitrogens with one attached hydrogen (secondary N) is 1. The van der Waals surface area contributed by atoms with E-state index in [-0.39, 0.29) is 12.5 Å². The Balaban J connectivity index is 1.68. The quantitative estimate of drug-likeness (QED) is 0.620. The van der Waals surface area contributed by atoms with Crippen molar-refractivity contribution in [2.24, 2.45) is 5.16 Å². The average Bonchev–Trinajstić information content (AvgIpc) is 2.98. The van der Waals surface area contributed by atoms with Gasteiger partial charge in [-0.25, -0.2) is 0 Å². The van der Waals surface area contributed by atoms with Gasteiger partial charge in [-0.15, -0.1) is 0 Å². The summed E-state index contributed by atoms with van der Waals surface area (Å²) in [5, 5.41) is 6.75. The smallest absolute Gasteiger partial charge is 0.260 e. The summed E-state index contributed by atoms with van der Waals surface area (Å²) >= 11 is 0. The van der Waals surface area contributed by atoms with Crippen LogP contribution in [0.25, 0.3) is 0 Å². The second-order valence-corrected chi connectivity index (χ2v) is 5.06. The number of carbonyl (C=O) groups excluding carboxylic acids is 1. The molecule has 0 aliphatic heterocycles. The lowest BCUT2D eigenvalue weighted by Gasteiger charge is -2.10. The summed E-state index contributed by atoms with van der Waals surface area (Å²) in [5.74, 6) is 0.720. The van der Waals surface area contributed by atoms with Crippen LogP contribution in [-0.4, -0.2) is 31.4 Å². The van der Waals surface area contributed by atoms with Gasteiger partial charge < -0.3 is 14.9 Å². The highest BCUT2D eigenvalue weighted by molar-refractivity contribution is 5.80. The van der Waals surface area contributed by atoms with Gasteiger partial charge in [0.15, 0.2) is 6.61 Å². The van der Waals surface area contributed by atoms with Crippen LogP contribution in [0.2, 0.25) is 0 Å². The van der Waals surface area contributed by atoms with Crippen LogP contribution in [0.3, 0.4) is 0 Å². The van der Waals surface area contributed by atoms with Gasteiger partial charge in [0.25, 0.3) is 5.91 Å². The summed E-state index contributed by atoms with van der Waals surface area (Å²) < 4.78 is 5.35. The second-order valence-electron chi connectivity index (χ2n) is 5.06. The SMILES string of the molecule is CCOc1ccc(/C=N\OCC(=O)NC2CCCC2)cc1. The minimum Gasteiger partial charge on any atom is -0.494 e. The molecule has 1 aromatic rings. The number of nitrogens with zero attached hydrogens (tertiary/aromatic N) is 1. The highest BCUT2D eigenvalue weighted by Gasteiger charge is 2.16. The van der Waals surface area contributed by atoms with Gasteiger partial charge in [0.1, 0.15) is 5.75 Å². The van der Waals surface area contributed by atoms with Crippen LogP contribution in [0.4, 0.5) is 0 Å². The maximum absolute atomic E-state index is 11.6. The molecule has 1 N–H and O–H groups in total. The summed E-state index contributed by atoms with van der Waals surface area (Å²) in [6.07, 6.45) is 6.12. The third-order valence-electron chi connectivity index (χ3n) is 3.38. The molecule has 0 heterocycles. The maximum atomic E-state index is 11.6. The van der Waals surface area contributed by atoms with Gasteiger partial charge in [-0.1, -0.05) is 18.0 Å². The number of hydrogen-bond donors (Lipinski definition) is 1. The first-order valence-electron chi connectivity index (χ1n) is 7.45. The van der Waals surface area contributed by atoms with Gasteiger partial charge in [-0.05, 0) is 49.6 Å². The second kappa shape index (κ2) is 8.29. The van der Waals surface area contributed by atoms with E-state index < -0.39 is 0 Å². The Hall–Kier alpha value is -2.04. The fourth-order valence-electron chi connectivity index (χ4n) is 2.35. The fourth-order valence-corrected chi connectivity index (χ4v) is 2.35. The van der Waals surface area contributed by atoms with Crippen LogP contribution < -0.4 is 10.1 Å². The minimum atomic E-state index is -0.106. The molecule has 5 nitrogen and oxygen atoms in total. The molecule has 1 amide bonds. The molecular weight excluding hydrogens is 268 g/mol. The van der Waals surface area contributed by atoms with Gasteiger partial charge in [0.05, 0.1) is 12.8 Å². The monoisotopic (exact) mass is 290 g/mol. The first-order chi connectivity index (χ1) is 10.3. The van der Waals surface area contributed by atoms with Crippen molar-refractivity contribution < 1.29 is 14.4 Å². The Morgan fingerprint density at radius 2 is 2.05 bits per heavy atom. The predicted octanol–water partition coefficient (Wildman–Crippen LogP) is 2.49. The van der Waals surface area contributed by atoms with Crippen LogP contribution in [0, 0.1) is 0 Å². The van der Waals surface area contributed by atoms with Gasteiger partial charge in [0, 0.05) is 6.04 Å². The first kappa shape index (κ1) is 15.4. The molecule has 1 aliphatic rings. The summed E-state index contributed by atoms with van der Waals surface area (Å²) in [4.78, 5) is 16.6. The van der Waals surface area contributed by atoms with E-state index in [0.717, 1.165) is 24.2 Å². The Morgan fingerprint density at radius 3 is 2.71 bits per heavy atom. The minimum absolute atomic E-state index is 0.0377.